The number of nitrogens with zero attached hydrogens (tertiary/aromatic N) is 1. The Bertz CT molecular complexity index is 322. The fourth-order valence-corrected chi connectivity index (χ4v) is 1.66. The van der Waals surface area contributed by atoms with Gasteiger partial charge in [-0.3, -0.25) is 4.79 Å². The molecule has 84 valence electrons. The molecule has 0 saturated carbocycles. The van der Waals surface area contributed by atoms with Crippen molar-refractivity contribution in [3.8, 4) is 0 Å². The lowest BCUT2D eigenvalue weighted by molar-refractivity contribution is -0.129. The van der Waals surface area contributed by atoms with E-state index in [2.05, 4.69) is 22.9 Å². The molecule has 3 nitrogen and oxygen atoms in total. The van der Waals surface area contributed by atoms with Gasteiger partial charge in [-0.2, -0.15) is 0 Å². The molecule has 1 heterocycles. The third kappa shape index (κ3) is 4.08. The van der Waals surface area contributed by atoms with E-state index in [9.17, 15) is 4.79 Å². The van der Waals surface area contributed by atoms with Gasteiger partial charge in [-0.1, -0.05) is 13.3 Å². The maximum atomic E-state index is 11.3. The molecule has 15 heavy (non-hydrogen) atoms. The highest BCUT2D eigenvalue weighted by atomic mass is 79.9. The van der Waals surface area contributed by atoms with Crippen molar-refractivity contribution in [2.75, 3.05) is 6.54 Å². The highest BCUT2D eigenvalue weighted by molar-refractivity contribution is 9.10. The standard InChI is InChI=1S/C11H16BrNO2/c1-3-4-7-13(9(2)14)8-10-5-6-11(12)15-10/h5-6H,3-4,7-8H2,1-2H3. The second kappa shape index (κ2) is 5.95. The lowest BCUT2D eigenvalue weighted by Gasteiger charge is -2.19. The molecule has 4 heteroatoms. The van der Waals surface area contributed by atoms with Crippen LogP contribution in [-0.4, -0.2) is 17.4 Å². The number of furan rings is 1. The minimum absolute atomic E-state index is 0.0935. The number of carbonyl (C=O) groups excluding carboxylic acids is 1. The van der Waals surface area contributed by atoms with E-state index >= 15 is 0 Å². The second-order valence-corrected chi connectivity index (χ2v) is 4.28. The highest BCUT2D eigenvalue weighted by Crippen LogP contribution is 2.16. The summed E-state index contributed by atoms with van der Waals surface area (Å²) >= 11 is 3.24. The van der Waals surface area contributed by atoms with Gasteiger partial charge in [-0.25, -0.2) is 0 Å². The van der Waals surface area contributed by atoms with E-state index in [1.807, 2.05) is 12.1 Å². The molecule has 0 fully saturated rings. The number of hydrogen-bond acceptors (Lipinski definition) is 2. The molecule has 0 aliphatic carbocycles. The summed E-state index contributed by atoms with van der Waals surface area (Å²) in [7, 11) is 0. The molecule has 0 N–H and O–H groups in total. The molecule has 0 aromatic carbocycles. The quantitative estimate of drug-likeness (QED) is 0.826. The number of rotatable bonds is 5. The van der Waals surface area contributed by atoms with Gasteiger partial charge in [-0.05, 0) is 34.5 Å². The topological polar surface area (TPSA) is 33.5 Å². The zero-order chi connectivity index (χ0) is 11.3. The molecular formula is C11H16BrNO2. The summed E-state index contributed by atoms with van der Waals surface area (Å²) < 4.78 is 6.07. The Hall–Kier alpha value is -0.770. The van der Waals surface area contributed by atoms with Crippen molar-refractivity contribution in [1.82, 2.24) is 4.90 Å². The van der Waals surface area contributed by atoms with E-state index in [1.54, 1.807) is 11.8 Å². The minimum Gasteiger partial charge on any atom is -0.452 e. The van der Waals surface area contributed by atoms with Crippen molar-refractivity contribution in [2.45, 2.75) is 33.2 Å². The molecule has 0 aliphatic heterocycles. The van der Waals surface area contributed by atoms with Crippen LogP contribution in [0.25, 0.3) is 0 Å². The largest absolute Gasteiger partial charge is 0.452 e. The lowest BCUT2D eigenvalue weighted by atomic mass is 10.3. The fraction of sp³-hybridized carbons (Fsp3) is 0.545. The molecular weight excluding hydrogens is 258 g/mol. The number of unbranched alkanes of at least 4 members (excludes halogenated alkanes) is 1. The molecule has 0 aliphatic rings. The third-order valence-electron chi connectivity index (χ3n) is 2.20. The van der Waals surface area contributed by atoms with E-state index in [1.165, 1.54) is 0 Å². The van der Waals surface area contributed by atoms with Crippen LogP contribution in [0.3, 0.4) is 0 Å². The molecule has 0 bridgehead atoms. The molecule has 0 radical (unpaired) electrons. The monoisotopic (exact) mass is 273 g/mol. The van der Waals surface area contributed by atoms with Crippen molar-refractivity contribution in [3.05, 3.63) is 22.6 Å². The summed E-state index contributed by atoms with van der Waals surface area (Å²) in [5, 5.41) is 0. The first kappa shape index (κ1) is 12.3. The van der Waals surface area contributed by atoms with Gasteiger partial charge in [0.2, 0.25) is 5.91 Å². The Balaban J connectivity index is 2.54. The van der Waals surface area contributed by atoms with Crippen LogP contribution < -0.4 is 0 Å². The van der Waals surface area contributed by atoms with Gasteiger partial charge in [0, 0.05) is 13.5 Å². The zero-order valence-electron chi connectivity index (χ0n) is 9.12. The Morgan fingerprint density at radius 3 is 2.73 bits per heavy atom. The zero-order valence-corrected chi connectivity index (χ0v) is 10.7. The summed E-state index contributed by atoms with van der Waals surface area (Å²) in [5.41, 5.74) is 0. The SMILES string of the molecule is CCCCN(Cc1ccc(Br)o1)C(C)=O. The predicted molar refractivity (Wildman–Crippen MR) is 62.4 cm³/mol. The van der Waals surface area contributed by atoms with Crippen molar-refractivity contribution in [3.63, 3.8) is 0 Å². The van der Waals surface area contributed by atoms with Crippen LogP contribution in [0, 0.1) is 0 Å². The molecule has 1 rings (SSSR count). The van der Waals surface area contributed by atoms with Crippen LogP contribution >= 0.6 is 15.9 Å². The fourth-order valence-electron chi connectivity index (χ4n) is 1.32. The van der Waals surface area contributed by atoms with E-state index in [0.717, 1.165) is 25.1 Å². The summed E-state index contributed by atoms with van der Waals surface area (Å²) in [6.07, 6.45) is 2.12. The van der Waals surface area contributed by atoms with Crippen molar-refractivity contribution < 1.29 is 9.21 Å². The highest BCUT2D eigenvalue weighted by Gasteiger charge is 2.10. The van der Waals surface area contributed by atoms with Gasteiger partial charge < -0.3 is 9.32 Å². The van der Waals surface area contributed by atoms with E-state index < -0.39 is 0 Å². The Kier molecular flexibility index (Phi) is 4.88. The van der Waals surface area contributed by atoms with Gasteiger partial charge in [0.15, 0.2) is 4.67 Å². The first-order valence-electron chi connectivity index (χ1n) is 5.13. The Morgan fingerprint density at radius 2 is 2.27 bits per heavy atom. The van der Waals surface area contributed by atoms with Crippen molar-refractivity contribution in [2.24, 2.45) is 0 Å². The second-order valence-electron chi connectivity index (χ2n) is 3.50. The maximum Gasteiger partial charge on any atom is 0.219 e. The van der Waals surface area contributed by atoms with Crippen LogP contribution in [0.5, 0.6) is 0 Å². The number of amides is 1. The van der Waals surface area contributed by atoms with E-state index in [4.69, 9.17) is 4.42 Å². The number of hydrogen-bond donors (Lipinski definition) is 0. The Labute approximate surface area is 98.6 Å². The first-order valence-corrected chi connectivity index (χ1v) is 5.92. The average Bonchev–Trinajstić information content (AvgIpc) is 2.58. The number of carbonyl (C=O) groups is 1. The number of halogens is 1. The normalized spacial score (nSPS) is 10.3. The molecule has 0 spiro atoms. The van der Waals surface area contributed by atoms with Gasteiger partial charge in [-0.15, -0.1) is 0 Å². The van der Waals surface area contributed by atoms with Crippen LogP contribution in [0.15, 0.2) is 21.2 Å². The first-order chi connectivity index (χ1) is 7.13. The van der Waals surface area contributed by atoms with Crippen molar-refractivity contribution in [1.29, 1.82) is 0 Å². The van der Waals surface area contributed by atoms with E-state index in [0.29, 0.717) is 11.2 Å². The molecule has 0 unspecified atom stereocenters. The van der Waals surface area contributed by atoms with Gasteiger partial charge in [0.1, 0.15) is 5.76 Å². The van der Waals surface area contributed by atoms with Gasteiger partial charge >= 0.3 is 0 Å². The predicted octanol–water partition coefficient (Wildman–Crippen LogP) is 3.19. The molecule has 0 atom stereocenters. The maximum absolute atomic E-state index is 11.3. The molecule has 1 amide bonds. The smallest absolute Gasteiger partial charge is 0.219 e. The molecule has 0 saturated heterocycles. The molecule has 1 aromatic heterocycles. The Morgan fingerprint density at radius 1 is 1.53 bits per heavy atom. The van der Waals surface area contributed by atoms with Gasteiger partial charge in [0.25, 0.3) is 0 Å². The summed E-state index contributed by atoms with van der Waals surface area (Å²) in [6.45, 7) is 5.06. The van der Waals surface area contributed by atoms with Gasteiger partial charge in [0.05, 0.1) is 6.54 Å². The van der Waals surface area contributed by atoms with E-state index in [-0.39, 0.29) is 5.91 Å². The minimum atomic E-state index is 0.0935. The lowest BCUT2D eigenvalue weighted by Crippen LogP contribution is -2.28. The summed E-state index contributed by atoms with van der Waals surface area (Å²) in [5.74, 6) is 0.907. The van der Waals surface area contributed by atoms with Crippen LogP contribution in [0.1, 0.15) is 32.4 Å². The van der Waals surface area contributed by atoms with Crippen LogP contribution in [0.2, 0.25) is 0 Å². The average molecular weight is 274 g/mol. The van der Waals surface area contributed by atoms with Crippen LogP contribution in [0.4, 0.5) is 0 Å². The van der Waals surface area contributed by atoms with Crippen LogP contribution in [-0.2, 0) is 11.3 Å². The van der Waals surface area contributed by atoms with Crippen molar-refractivity contribution >= 4 is 21.8 Å². The summed E-state index contributed by atoms with van der Waals surface area (Å²) in [4.78, 5) is 13.1. The summed E-state index contributed by atoms with van der Waals surface area (Å²) in [6, 6.07) is 3.72. The molecule has 1 aromatic rings. The third-order valence-corrected chi connectivity index (χ3v) is 2.63.